The van der Waals surface area contributed by atoms with E-state index in [2.05, 4.69) is 22.1 Å². The number of hydrogen-bond acceptors (Lipinski definition) is 5. The molecular weight excluding hydrogens is 332 g/mol. The Bertz CT molecular complexity index is 989. The Morgan fingerprint density at radius 3 is 2.69 bits per heavy atom. The molecule has 0 N–H and O–H groups in total. The third-order valence-corrected chi connectivity index (χ3v) is 4.73. The SMILES string of the molecule is COc1ccc(CN2CCn3c(n[n+]4c(cnn4C(C)C)c3=O)C2)cc1. The topological polar surface area (TPSA) is 69.3 Å². The van der Waals surface area contributed by atoms with Crippen molar-refractivity contribution in [2.45, 2.75) is 39.5 Å². The fraction of sp³-hybridized carbons (Fsp3) is 0.444. The first-order chi connectivity index (χ1) is 12.6. The molecule has 0 aliphatic carbocycles. The van der Waals surface area contributed by atoms with Crippen LogP contribution in [0.5, 0.6) is 5.75 Å². The first-order valence-electron chi connectivity index (χ1n) is 8.81. The van der Waals surface area contributed by atoms with Crippen molar-refractivity contribution < 1.29 is 9.37 Å². The van der Waals surface area contributed by atoms with Gasteiger partial charge in [0.2, 0.25) is 6.20 Å². The summed E-state index contributed by atoms with van der Waals surface area (Å²) in [6.07, 6.45) is 1.60. The number of aromatic nitrogens is 5. The minimum absolute atomic E-state index is 0.0222. The van der Waals surface area contributed by atoms with Gasteiger partial charge in [-0.1, -0.05) is 12.1 Å². The summed E-state index contributed by atoms with van der Waals surface area (Å²) in [5.74, 6) is 1.63. The van der Waals surface area contributed by atoms with Gasteiger partial charge in [0.15, 0.2) is 5.82 Å². The zero-order valence-corrected chi connectivity index (χ0v) is 15.3. The first-order valence-corrected chi connectivity index (χ1v) is 8.81. The van der Waals surface area contributed by atoms with Crippen molar-refractivity contribution in [1.29, 1.82) is 0 Å². The summed E-state index contributed by atoms with van der Waals surface area (Å²) in [7, 11) is 1.67. The van der Waals surface area contributed by atoms with E-state index < -0.39 is 0 Å². The van der Waals surface area contributed by atoms with Crippen LogP contribution >= 0.6 is 0 Å². The Hall–Kier alpha value is -2.74. The van der Waals surface area contributed by atoms with Crippen LogP contribution in [0.3, 0.4) is 0 Å². The maximum Gasteiger partial charge on any atom is 0.308 e. The van der Waals surface area contributed by atoms with E-state index in [4.69, 9.17) is 9.84 Å². The molecule has 0 saturated carbocycles. The molecule has 1 aromatic carbocycles. The van der Waals surface area contributed by atoms with Crippen LogP contribution in [0, 0.1) is 0 Å². The second kappa shape index (κ2) is 6.53. The number of methoxy groups -OCH3 is 1. The van der Waals surface area contributed by atoms with Gasteiger partial charge in [-0.25, -0.2) is 0 Å². The van der Waals surface area contributed by atoms with E-state index in [1.54, 1.807) is 27.3 Å². The van der Waals surface area contributed by atoms with E-state index in [0.717, 1.165) is 24.7 Å². The number of nitrogens with zero attached hydrogens (tertiary/aromatic N) is 6. The molecule has 1 aliphatic heterocycles. The van der Waals surface area contributed by atoms with Crippen LogP contribution in [0.4, 0.5) is 0 Å². The minimum atomic E-state index is -0.0222. The average molecular weight is 355 g/mol. The second-order valence-electron chi connectivity index (χ2n) is 6.87. The van der Waals surface area contributed by atoms with Crippen molar-refractivity contribution in [1.82, 2.24) is 24.5 Å². The third kappa shape index (κ3) is 2.86. The number of rotatable bonds is 4. The van der Waals surface area contributed by atoms with Gasteiger partial charge in [-0.15, -0.1) is 0 Å². The molecule has 3 aromatic rings. The molecule has 0 fully saturated rings. The highest BCUT2D eigenvalue weighted by molar-refractivity contribution is 5.31. The molecule has 0 amide bonds. The lowest BCUT2D eigenvalue weighted by atomic mass is 10.2. The zero-order valence-electron chi connectivity index (χ0n) is 15.3. The lowest BCUT2D eigenvalue weighted by Gasteiger charge is -2.28. The van der Waals surface area contributed by atoms with Crippen molar-refractivity contribution >= 4 is 5.52 Å². The molecule has 0 atom stereocenters. The zero-order chi connectivity index (χ0) is 18.3. The summed E-state index contributed by atoms with van der Waals surface area (Å²) < 4.78 is 8.61. The fourth-order valence-corrected chi connectivity index (χ4v) is 3.33. The summed E-state index contributed by atoms with van der Waals surface area (Å²) in [5, 5.41) is 9.00. The van der Waals surface area contributed by atoms with Crippen LogP contribution in [0.25, 0.3) is 5.52 Å². The molecule has 0 bridgehead atoms. The molecule has 0 saturated heterocycles. The van der Waals surface area contributed by atoms with Gasteiger partial charge in [-0.3, -0.25) is 14.3 Å². The van der Waals surface area contributed by atoms with Crippen molar-refractivity contribution in [3.05, 3.63) is 52.2 Å². The minimum Gasteiger partial charge on any atom is -0.497 e. The van der Waals surface area contributed by atoms with E-state index in [1.807, 2.05) is 26.0 Å². The van der Waals surface area contributed by atoms with E-state index in [-0.39, 0.29) is 11.6 Å². The number of hydrogen-bond donors (Lipinski definition) is 0. The molecule has 26 heavy (non-hydrogen) atoms. The predicted molar refractivity (Wildman–Crippen MR) is 94.9 cm³/mol. The molecule has 3 heterocycles. The standard InChI is InChI=1S/C18H23N6O2/c1-13(2)23-19-10-16-18(25)22-9-8-21(12-17(22)20-24(16)23)11-14-4-6-15(26-3)7-5-14/h4-7,10,13H,8-9,11-12H2,1-3H3/q+1. The Labute approximate surface area is 151 Å². The highest BCUT2D eigenvalue weighted by Crippen LogP contribution is 2.15. The van der Waals surface area contributed by atoms with Crippen molar-refractivity contribution in [2.75, 3.05) is 13.7 Å². The van der Waals surface area contributed by atoms with Crippen molar-refractivity contribution in [3.63, 3.8) is 0 Å². The molecule has 8 heteroatoms. The third-order valence-electron chi connectivity index (χ3n) is 4.73. The first kappa shape index (κ1) is 16.7. The average Bonchev–Trinajstić information content (AvgIpc) is 3.07. The van der Waals surface area contributed by atoms with Crippen LogP contribution in [0.15, 0.2) is 35.3 Å². The van der Waals surface area contributed by atoms with Gasteiger partial charge in [0.25, 0.3) is 5.52 Å². The molecule has 1 aliphatic rings. The Morgan fingerprint density at radius 2 is 2.00 bits per heavy atom. The summed E-state index contributed by atoms with van der Waals surface area (Å²) in [4.78, 5) is 16.8. The van der Waals surface area contributed by atoms with Gasteiger partial charge in [0, 0.05) is 24.7 Å². The molecule has 4 rings (SSSR count). The van der Waals surface area contributed by atoms with E-state index in [1.165, 1.54) is 5.56 Å². The van der Waals surface area contributed by atoms with Gasteiger partial charge in [-0.05, 0) is 46.1 Å². The fourth-order valence-electron chi connectivity index (χ4n) is 3.33. The van der Waals surface area contributed by atoms with E-state index in [9.17, 15) is 4.79 Å². The van der Waals surface area contributed by atoms with Gasteiger partial charge in [-0.2, -0.15) is 0 Å². The van der Waals surface area contributed by atoms with E-state index >= 15 is 0 Å². The van der Waals surface area contributed by atoms with Gasteiger partial charge in [0.05, 0.1) is 13.7 Å². The monoisotopic (exact) mass is 355 g/mol. The Balaban J connectivity index is 1.63. The molecule has 8 nitrogen and oxygen atoms in total. The maximum atomic E-state index is 12.8. The van der Waals surface area contributed by atoms with Crippen LogP contribution in [-0.4, -0.2) is 38.1 Å². The van der Waals surface area contributed by atoms with E-state index in [0.29, 0.717) is 18.6 Å². The van der Waals surface area contributed by atoms with Crippen molar-refractivity contribution in [2.24, 2.45) is 0 Å². The molecule has 0 radical (unpaired) electrons. The molecule has 136 valence electrons. The van der Waals surface area contributed by atoms with Crippen LogP contribution in [-0.2, 0) is 19.6 Å². The highest BCUT2D eigenvalue weighted by Gasteiger charge is 2.26. The van der Waals surface area contributed by atoms with Crippen LogP contribution < -0.4 is 14.9 Å². The largest absolute Gasteiger partial charge is 0.497 e. The summed E-state index contributed by atoms with van der Waals surface area (Å²) in [5.41, 5.74) is 1.71. The predicted octanol–water partition coefficient (Wildman–Crippen LogP) is 0.784. The molecule has 0 unspecified atom stereocenters. The smallest absolute Gasteiger partial charge is 0.308 e. The summed E-state index contributed by atoms with van der Waals surface area (Å²) in [6.45, 7) is 6.94. The number of benzene rings is 1. The second-order valence-corrected chi connectivity index (χ2v) is 6.87. The highest BCUT2D eigenvalue weighted by atomic mass is 16.5. The summed E-state index contributed by atoms with van der Waals surface area (Å²) in [6, 6.07) is 8.21. The summed E-state index contributed by atoms with van der Waals surface area (Å²) >= 11 is 0. The van der Waals surface area contributed by atoms with Crippen LogP contribution in [0.1, 0.15) is 31.3 Å². The molecular formula is C18H23N6O2+. The van der Waals surface area contributed by atoms with Gasteiger partial charge < -0.3 is 4.74 Å². The lowest BCUT2D eigenvalue weighted by molar-refractivity contribution is -0.681. The molecule has 0 spiro atoms. The Morgan fingerprint density at radius 1 is 1.23 bits per heavy atom. The Kier molecular flexibility index (Phi) is 4.20. The normalized spacial score (nSPS) is 14.8. The quantitative estimate of drug-likeness (QED) is 0.647. The van der Waals surface area contributed by atoms with Gasteiger partial charge >= 0.3 is 5.56 Å². The van der Waals surface area contributed by atoms with Gasteiger partial charge in [0.1, 0.15) is 11.8 Å². The lowest BCUT2D eigenvalue weighted by Crippen LogP contribution is -2.49. The van der Waals surface area contributed by atoms with Crippen LogP contribution in [0.2, 0.25) is 0 Å². The maximum absolute atomic E-state index is 12.8. The number of ether oxygens (including phenoxy) is 1. The molecule has 2 aromatic heterocycles. The number of fused-ring (bicyclic) bond motifs is 2. The van der Waals surface area contributed by atoms with Crippen molar-refractivity contribution in [3.8, 4) is 5.75 Å².